The summed E-state index contributed by atoms with van der Waals surface area (Å²) in [5.41, 5.74) is -0.114. The number of benzene rings is 1. The Labute approximate surface area is 97.7 Å². The average Bonchev–Trinajstić information content (AvgIpc) is 2.30. The van der Waals surface area contributed by atoms with Gasteiger partial charge in [0.2, 0.25) is 5.78 Å². The number of rotatable bonds is 2. The van der Waals surface area contributed by atoms with E-state index < -0.39 is 11.6 Å². The predicted octanol–water partition coefficient (Wildman–Crippen LogP) is 3.36. The van der Waals surface area contributed by atoms with Crippen molar-refractivity contribution in [3.63, 3.8) is 0 Å². The molecule has 0 aromatic heterocycles. The molecule has 0 unspecified atom stereocenters. The topological polar surface area (TPSA) is 26.3 Å². The van der Waals surface area contributed by atoms with Gasteiger partial charge in [0.25, 0.3) is 0 Å². The molecule has 84 valence electrons. The van der Waals surface area contributed by atoms with Crippen molar-refractivity contribution in [2.75, 3.05) is 6.61 Å². The van der Waals surface area contributed by atoms with Crippen molar-refractivity contribution in [1.82, 2.24) is 0 Å². The van der Waals surface area contributed by atoms with Crippen molar-refractivity contribution < 1.29 is 13.9 Å². The summed E-state index contributed by atoms with van der Waals surface area (Å²) in [5.74, 6) is -0.909. The molecule has 0 saturated carbocycles. The fourth-order valence-corrected chi connectivity index (χ4v) is 1.80. The standard InChI is InChI=1S/C12H10ClFO2/c13-8-4-3-5-9(14)11(8)12(15)10-6-1-2-7-16-10/h3-6H,1-2,7H2. The van der Waals surface area contributed by atoms with Crippen LogP contribution in [0, 0.1) is 5.82 Å². The van der Waals surface area contributed by atoms with E-state index in [1.54, 1.807) is 6.08 Å². The van der Waals surface area contributed by atoms with Crippen LogP contribution < -0.4 is 0 Å². The molecule has 1 aromatic rings. The van der Waals surface area contributed by atoms with Gasteiger partial charge in [0, 0.05) is 0 Å². The second-order valence-corrected chi connectivity index (χ2v) is 3.89. The summed E-state index contributed by atoms with van der Waals surface area (Å²) < 4.78 is 18.7. The summed E-state index contributed by atoms with van der Waals surface area (Å²) >= 11 is 5.80. The van der Waals surface area contributed by atoms with Gasteiger partial charge in [0.15, 0.2) is 5.76 Å². The zero-order chi connectivity index (χ0) is 11.5. The molecule has 0 spiro atoms. The molecule has 0 radical (unpaired) electrons. The number of ether oxygens (including phenoxy) is 1. The third kappa shape index (κ3) is 2.09. The highest BCUT2D eigenvalue weighted by atomic mass is 35.5. The van der Waals surface area contributed by atoms with E-state index >= 15 is 0 Å². The van der Waals surface area contributed by atoms with Gasteiger partial charge in [-0.3, -0.25) is 4.79 Å². The lowest BCUT2D eigenvalue weighted by atomic mass is 10.1. The van der Waals surface area contributed by atoms with Crippen molar-refractivity contribution in [2.24, 2.45) is 0 Å². The van der Waals surface area contributed by atoms with E-state index in [2.05, 4.69) is 0 Å². The zero-order valence-electron chi connectivity index (χ0n) is 8.50. The van der Waals surface area contributed by atoms with Crippen LogP contribution in [-0.2, 0) is 4.74 Å². The lowest BCUT2D eigenvalue weighted by Gasteiger charge is -2.14. The maximum Gasteiger partial charge on any atom is 0.231 e. The van der Waals surface area contributed by atoms with Crippen LogP contribution in [0.15, 0.2) is 30.0 Å². The fourth-order valence-electron chi connectivity index (χ4n) is 1.55. The Bertz CT molecular complexity index is 434. The first kappa shape index (κ1) is 11.1. The fraction of sp³-hybridized carbons (Fsp3) is 0.250. The van der Waals surface area contributed by atoms with Gasteiger partial charge >= 0.3 is 0 Å². The Morgan fingerprint density at radius 2 is 2.25 bits per heavy atom. The van der Waals surface area contributed by atoms with E-state index in [9.17, 15) is 9.18 Å². The van der Waals surface area contributed by atoms with E-state index in [-0.39, 0.29) is 16.3 Å². The highest BCUT2D eigenvalue weighted by molar-refractivity contribution is 6.34. The Kier molecular flexibility index (Phi) is 3.25. The third-order valence-corrected chi connectivity index (χ3v) is 2.66. The van der Waals surface area contributed by atoms with Crippen LogP contribution in [-0.4, -0.2) is 12.4 Å². The first-order valence-corrected chi connectivity index (χ1v) is 5.39. The van der Waals surface area contributed by atoms with E-state index in [4.69, 9.17) is 16.3 Å². The van der Waals surface area contributed by atoms with E-state index in [1.165, 1.54) is 18.2 Å². The van der Waals surface area contributed by atoms with E-state index in [1.807, 2.05) is 0 Å². The number of hydrogen-bond donors (Lipinski definition) is 0. The molecule has 0 amide bonds. The van der Waals surface area contributed by atoms with Crippen LogP contribution in [0.3, 0.4) is 0 Å². The summed E-state index contributed by atoms with van der Waals surface area (Å²) in [6.45, 7) is 0.490. The highest BCUT2D eigenvalue weighted by Crippen LogP contribution is 2.24. The molecule has 0 saturated heterocycles. The number of Topliss-reactive ketones (excluding diaryl/α,β-unsaturated/α-hetero) is 1. The molecule has 1 heterocycles. The molecule has 4 heteroatoms. The predicted molar refractivity (Wildman–Crippen MR) is 59.0 cm³/mol. The van der Waals surface area contributed by atoms with Crippen LogP contribution in [0.4, 0.5) is 4.39 Å². The minimum absolute atomic E-state index is 0.111. The normalized spacial score (nSPS) is 15.2. The highest BCUT2D eigenvalue weighted by Gasteiger charge is 2.21. The van der Waals surface area contributed by atoms with Crippen molar-refractivity contribution >= 4 is 17.4 Å². The minimum atomic E-state index is -0.618. The van der Waals surface area contributed by atoms with Gasteiger partial charge in [0.05, 0.1) is 17.2 Å². The van der Waals surface area contributed by atoms with Crippen LogP contribution in [0.5, 0.6) is 0 Å². The number of halogens is 2. The summed E-state index contributed by atoms with van der Waals surface area (Å²) in [6, 6.07) is 4.16. The van der Waals surface area contributed by atoms with Gasteiger partial charge in [-0.05, 0) is 31.1 Å². The van der Waals surface area contributed by atoms with E-state index in [0.717, 1.165) is 12.8 Å². The molecule has 0 aliphatic carbocycles. The first-order chi connectivity index (χ1) is 7.70. The second-order valence-electron chi connectivity index (χ2n) is 3.48. The Balaban J connectivity index is 2.37. The average molecular weight is 241 g/mol. The minimum Gasteiger partial charge on any atom is -0.490 e. The molecule has 0 N–H and O–H groups in total. The van der Waals surface area contributed by atoms with Gasteiger partial charge in [0.1, 0.15) is 5.82 Å². The summed E-state index contributed by atoms with van der Waals surface area (Å²) in [5, 5.41) is 0.111. The number of carbonyl (C=O) groups excluding carboxylic acids is 1. The Morgan fingerprint density at radius 1 is 1.44 bits per heavy atom. The van der Waals surface area contributed by atoms with Crippen LogP contribution in [0.25, 0.3) is 0 Å². The van der Waals surface area contributed by atoms with Gasteiger partial charge in [-0.25, -0.2) is 4.39 Å². The summed E-state index contributed by atoms with van der Waals surface area (Å²) in [6.07, 6.45) is 3.32. The first-order valence-electron chi connectivity index (χ1n) is 5.02. The SMILES string of the molecule is O=C(C1=CCCCO1)c1c(F)cccc1Cl. The largest absolute Gasteiger partial charge is 0.490 e. The molecule has 0 bridgehead atoms. The monoisotopic (exact) mass is 240 g/mol. The molecule has 1 aromatic carbocycles. The molecule has 0 fully saturated rings. The van der Waals surface area contributed by atoms with Crippen molar-refractivity contribution in [1.29, 1.82) is 0 Å². The van der Waals surface area contributed by atoms with Crippen molar-refractivity contribution in [3.8, 4) is 0 Å². The van der Waals surface area contributed by atoms with Crippen LogP contribution in [0.1, 0.15) is 23.2 Å². The summed E-state index contributed by atoms with van der Waals surface area (Å²) in [4.78, 5) is 11.9. The second kappa shape index (κ2) is 4.66. The maximum absolute atomic E-state index is 13.5. The van der Waals surface area contributed by atoms with Gasteiger partial charge in [-0.2, -0.15) is 0 Å². The Morgan fingerprint density at radius 3 is 2.88 bits per heavy atom. The van der Waals surface area contributed by atoms with Gasteiger partial charge in [-0.15, -0.1) is 0 Å². The molecule has 1 aliphatic heterocycles. The number of hydrogen-bond acceptors (Lipinski definition) is 2. The molecule has 16 heavy (non-hydrogen) atoms. The lowest BCUT2D eigenvalue weighted by Crippen LogP contribution is -2.13. The molecule has 2 nitrogen and oxygen atoms in total. The molecular weight excluding hydrogens is 231 g/mol. The number of carbonyl (C=O) groups is 1. The van der Waals surface area contributed by atoms with Gasteiger partial charge < -0.3 is 4.74 Å². The maximum atomic E-state index is 13.5. The molecule has 1 aliphatic rings. The smallest absolute Gasteiger partial charge is 0.231 e. The van der Waals surface area contributed by atoms with Crippen LogP contribution in [0.2, 0.25) is 5.02 Å². The molecule has 2 rings (SSSR count). The molecular formula is C12H10ClFO2. The van der Waals surface area contributed by atoms with Crippen LogP contribution >= 0.6 is 11.6 Å². The quantitative estimate of drug-likeness (QED) is 0.741. The number of ketones is 1. The van der Waals surface area contributed by atoms with E-state index in [0.29, 0.717) is 6.61 Å². The van der Waals surface area contributed by atoms with Crippen molar-refractivity contribution in [2.45, 2.75) is 12.8 Å². The number of allylic oxidation sites excluding steroid dienone is 2. The third-order valence-electron chi connectivity index (χ3n) is 2.35. The zero-order valence-corrected chi connectivity index (χ0v) is 9.26. The van der Waals surface area contributed by atoms with Gasteiger partial charge in [-0.1, -0.05) is 17.7 Å². The molecule has 0 atom stereocenters. The lowest BCUT2D eigenvalue weighted by molar-refractivity contribution is 0.0895. The Hall–Kier alpha value is -1.35. The van der Waals surface area contributed by atoms with Crippen molar-refractivity contribution in [3.05, 3.63) is 46.4 Å². The summed E-state index contributed by atoms with van der Waals surface area (Å²) in [7, 11) is 0.